The molecule has 280 valence electrons. The summed E-state index contributed by atoms with van der Waals surface area (Å²) in [6.45, 7) is 6.78. The molecule has 0 saturated heterocycles. The van der Waals surface area contributed by atoms with E-state index in [2.05, 4.69) is 17.6 Å². The van der Waals surface area contributed by atoms with E-state index in [-0.39, 0.29) is 47.1 Å². The third-order valence-corrected chi connectivity index (χ3v) is 11.4. The minimum absolute atomic E-state index is 0.0304. The van der Waals surface area contributed by atoms with Crippen LogP contribution in [0.1, 0.15) is 90.6 Å². The number of anilines is 1. The van der Waals surface area contributed by atoms with Gasteiger partial charge in [-0.05, 0) is 103 Å². The summed E-state index contributed by atoms with van der Waals surface area (Å²) < 4.78 is 32.9. The number of carbonyl (C=O) groups excluding carboxylic acids is 3. The first-order valence-corrected chi connectivity index (χ1v) is 18.8. The number of ether oxygens (including phenoxy) is 3. The summed E-state index contributed by atoms with van der Waals surface area (Å²) in [5.74, 6) is -1.85. The van der Waals surface area contributed by atoms with Gasteiger partial charge in [-0.25, -0.2) is 4.39 Å². The molecule has 0 aliphatic heterocycles. The molecule has 7 rings (SSSR count). The number of halogens is 1. The fourth-order valence-corrected chi connectivity index (χ4v) is 7.68. The van der Waals surface area contributed by atoms with Crippen molar-refractivity contribution >= 4 is 45.0 Å². The summed E-state index contributed by atoms with van der Waals surface area (Å²) >= 11 is 0. The van der Waals surface area contributed by atoms with Crippen molar-refractivity contribution in [2.75, 3.05) is 19.0 Å². The number of methoxy groups -OCH3 is 1. The summed E-state index contributed by atoms with van der Waals surface area (Å²) in [5, 5.41) is 9.87. The maximum atomic E-state index is 15.4. The van der Waals surface area contributed by atoms with Gasteiger partial charge in [-0.15, -0.1) is 0 Å². The standard InChI is InChI=1S/C45H47FN2O6/c1-28-13-14-30-23-38(35(22-32(30)21-28)41(49)47-27-44(2)17-8-18-44)48-42(50)36-24-40(37(46)25-39(36)52-4)54-33-15-19-45(3,20-16-33)43(51)53-26-31-11-7-10-29-9-5-6-12-34(29)31/h5-7,9-14,21-25,33H,8,15-20,26-27H2,1-4H3,(H,47,49)(H,48,50). The van der Waals surface area contributed by atoms with Crippen LogP contribution in [0.15, 0.2) is 84.9 Å². The Labute approximate surface area is 315 Å². The molecular weight excluding hydrogens is 684 g/mol. The van der Waals surface area contributed by atoms with Crippen molar-refractivity contribution in [2.45, 2.75) is 78.4 Å². The second-order valence-electron chi connectivity index (χ2n) is 15.6. The van der Waals surface area contributed by atoms with Gasteiger partial charge >= 0.3 is 5.97 Å². The van der Waals surface area contributed by atoms with Crippen LogP contribution in [0, 0.1) is 23.6 Å². The smallest absolute Gasteiger partial charge is 0.312 e. The van der Waals surface area contributed by atoms with E-state index in [9.17, 15) is 14.4 Å². The van der Waals surface area contributed by atoms with Gasteiger partial charge in [-0.2, -0.15) is 0 Å². The Bertz CT molecular complexity index is 2230. The number of benzene rings is 5. The average molecular weight is 731 g/mol. The van der Waals surface area contributed by atoms with E-state index >= 15 is 4.39 Å². The zero-order valence-corrected chi connectivity index (χ0v) is 31.4. The van der Waals surface area contributed by atoms with E-state index in [1.807, 2.05) is 74.5 Å². The van der Waals surface area contributed by atoms with Crippen molar-refractivity contribution in [3.8, 4) is 11.5 Å². The van der Waals surface area contributed by atoms with E-state index in [0.717, 1.165) is 58.0 Å². The maximum absolute atomic E-state index is 15.4. The number of esters is 1. The monoisotopic (exact) mass is 730 g/mol. The molecule has 2 saturated carbocycles. The van der Waals surface area contributed by atoms with Crippen LogP contribution in [0.2, 0.25) is 0 Å². The maximum Gasteiger partial charge on any atom is 0.312 e. The highest BCUT2D eigenvalue weighted by atomic mass is 19.1. The van der Waals surface area contributed by atoms with Crippen molar-refractivity contribution in [3.63, 3.8) is 0 Å². The molecule has 5 aromatic carbocycles. The van der Waals surface area contributed by atoms with E-state index in [0.29, 0.717) is 43.5 Å². The number of nitrogens with one attached hydrogen (secondary N) is 2. The van der Waals surface area contributed by atoms with E-state index in [1.165, 1.54) is 13.2 Å². The van der Waals surface area contributed by atoms with Crippen LogP contribution in [-0.4, -0.2) is 37.5 Å². The van der Waals surface area contributed by atoms with Crippen molar-refractivity contribution in [2.24, 2.45) is 10.8 Å². The molecule has 8 nitrogen and oxygen atoms in total. The fraction of sp³-hybridized carbons (Fsp3) is 0.356. The number of amides is 2. The number of rotatable bonds is 11. The lowest BCUT2D eigenvalue weighted by atomic mass is 9.70. The molecule has 0 radical (unpaired) electrons. The molecule has 2 N–H and O–H groups in total. The van der Waals surface area contributed by atoms with Gasteiger partial charge in [0.2, 0.25) is 0 Å². The quantitative estimate of drug-likeness (QED) is 0.131. The van der Waals surface area contributed by atoms with Crippen LogP contribution in [0.4, 0.5) is 10.1 Å². The minimum atomic E-state index is -0.702. The Morgan fingerprint density at radius 3 is 2.30 bits per heavy atom. The number of carbonyl (C=O) groups is 3. The van der Waals surface area contributed by atoms with Crippen LogP contribution in [0.5, 0.6) is 11.5 Å². The summed E-state index contributed by atoms with van der Waals surface area (Å²) in [5.41, 5.74) is 2.10. The summed E-state index contributed by atoms with van der Waals surface area (Å²) in [7, 11) is 1.37. The lowest BCUT2D eigenvalue weighted by Crippen LogP contribution is -2.40. The van der Waals surface area contributed by atoms with Crippen molar-refractivity contribution in [1.82, 2.24) is 5.32 Å². The van der Waals surface area contributed by atoms with Crippen molar-refractivity contribution < 1.29 is 33.0 Å². The third-order valence-electron chi connectivity index (χ3n) is 11.4. The number of aryl methyl sites for hydroxylation is 1. The molecule has 0 atom stereocenters. The first-order chi connectivity index (χ1) is 25.9. The predicted octanol–water partition coefficient (Wildman–Crippen LogP) is 9.69. The largest absolute Gasteiger partial charge is 0.496 e. The van der Waals surface area contributed by atoms with E-state index < -0.39 is 17.1 Å². The van der Waals surface area contributed by atoms with Crippen LogP contribution in [0.25, 0.3) is 21.5 Å². The number of hydrogen-bond acceptors (Lipinski definition) is 6. The van der Waals surface area contributed by atoms with Gasteiger partial charge in [0.25, 0.3) is 11.8 Å². The Hall–Kier alpha value is -5.44. The molecule has 9 heteroatoms. The molecule has 0 bridgehead atoms. The Kier molecular flexibility index (Phi) is 10.3. The molecule has 0 aromatic heterocycles. The van der Waals surface area contributed by atoms with Gasteiger partial charge in [0.05, 0.1) is 35.4 Å². The molecule has 0 heterocycles. The lowest BCUT2D eigenvalue weighted by molar-refractivity contribution is -0.159. The molecular formula is C45H47FN2O6. The molecule has 0 unspecified atom stereocenters. The van der Waals surface area contributed by atoms with Crippen LogP contribution < -0.4 is 20.1 Å². The zero-order valence-electron chi connectivity index (χ0n) is 31.4. The zero-order chi connectivity index (χ0) is 38.0. The van der Waals surface area contributed by atoms with Gasteiger partial charge < -0.3 is 24.8 Å². The van der Waals surface area contributed by atoms with Gasteiger partial charge in [-0.1, -0.05) is 79.6 Å². The number of hydrogen-bond donors (Lipinski definition) is 2. The van der Waals surface area contributed by atoms with Crippen LogP contribution in [0.3, 0.4) is 0 Å². The van der Waals surface area contributed by atoms with Gasteiger partial charge in [0, 0.05) is 12.6 Å². The first kappa shape index (κ1) is 36.9. The fourth-order valence-electron chi connectivity index (χ4n) is 7.68. The summed E-state index contributed by atoms with van der Waals surface area (Å²) in [6, 6.07) is 25.9. The highest BCUT2D eigenvalue weighted by Gasteiger charge is 2.40. The second-order valence-corrected chi connectivity index (χ2v) is 15.6. The topological polar surface area (TPSA) is 103 Å². The van der Waals surface area contributed by atoms with Crippen LogP contribution in [-0.2, 0) is 16.1 Å². The number of fused-ring (bicyclic) bond motifs is 2. The summed E-state index contributed by atoms with van der Waals surface area (Å²) in [6.07, 6.45) is 4.90. The first-order valence-electron chi connectivity index (χ1n) is 18.8. The lowest BCUT2D eigenvalue weighted by Gasteiger charge is -2.38. The SMILES string of the molecule is COc1cc(F)c(OC2CCC(C)(C(=O)OCc3cccc4ccccc34)CC2)cc1C(=O)Nc1cc2ccc(C)cc2cc1C(=O)NCC1(C)CCC1. The highest BCUT2D eigenvalue weighted by Crippen LogP contribution is 2.41. The van der Waals surface area contributed by atoms with Crippen molar-refractivity contribution in [3.05, 3.63) is 113 Å². The van der Waals surface area contributed by atoms with Gasteiger partial charge in [0.1, 0.15) is 12.4 Å². The molecule has 2 aliphatic carbocycles. The average Bonchev–Trinajstić information content (AvgIpc) is 3.16. The van der Waals surface area contributed by atoms with E-state index in [1.54, 1.807) is 12.1 Å². The van der Waals surface area contributed by atoms with Gasteiger partial charge in [-0.3, -0.25) is 14.4 Å². The molecule has 5 aromatic rings. The Morgan fingerprint density at radius 2 is 1.56 bits per heavy atom. The molecule has 2 aliphatic rings. The van der Waals surface area contributed by atoms with Crippen molar-refractivity contribution in [1.29, 1.82) is 0 Å². The third kappa shape index (κ3) is 7.77. The normalized spacial score (nSPS) is 19.1. The Morgan fingerprint density at radius 1 is 0.796 bits per heavy atom. The minimum Gasteiger partial charge on any atom is -0.496 e. The predicted molar refractivity (Wildman–Crippen MR) is 209 cm³/mol. The molecule has 54 heavy (non-hydrogen) atoms. The second kappa shape index (κ2) is 15.1. The van der Waals surface area contributed by atoms with Gasteiger partial charge in [0.15, 0.2) is 11.6 Å². The van der Waals surface area contributed by atoms with Crippen LogP contribution >= 0.6 is 0 Å². The Balaban J connectivity index is 1.04. The van der Waals surface area contributed by atoms with E-state index in [4.69, 9.17) is 14.2 Å². The molecule has 2 amide bonds. The summed E-state index contributed by atoms with van der Waals surface area (Å²) in [4.78, 5) is 40.9. The highest BCUT2D eigenvalue weighted by molar-refractivity contribution is 6.12. The molecule has 0 spiro atoms. The molecule has 2 fully saturated rings.